The first-order chi connectivity index (χ1) is 9.21. The first-order valence-corrected chi connectivity index (χ1v) is 6.71. The Morgan fingerprint density at radius 3 is 2.63 bits per heavy atom. The maximum atomic E-state index is 11.2. The monoisotopic (exact) mass is 265 g/mol. The summed E-state index contributed by atoms with van der Waals surface area (Å²) in [5.74, 6) is 0.748. The Bertz CT molecular complexity index is 393. The lowest BCUT2D eigenvalue weighted by molar-refractivity contribution is -0.141. The van der Waals surface area contributed by atoms with Gasteiger partial charge in [-0.2, -0.15) is 0 Å². The number of rotatable bonds is 8. The molecule has 0 fully saturated rings. The summed E-state index contributed by atoms with van der Waals surface area (Å²) in [6.07, 6.45) is 0.418. The number of carbonyl (C=O) groups is 1. The van der Waals surface area contributed by atoms with Crippen molar-refractivity contribution in [2.75, 3.05) is 26.8 Å². The van der Waals surface area contributed by atoms with E-state index in [9.17, 15) is 4.79 Å². The summed E-state index contributed by atoms with van der Waals surface area (Å²) in [6.45, 7) is 7.09. The van der Waals surface area contributed by atoms with Gasteiger partial charge < -0.3 is 9.47 Å². The molecule has 0 radical (unpaired) electrons. The lowest BCUT2D eigenvalue weighted by atomic mass is 10.2. The second kappa shape index (κ2) is 8.53. The number of ether oxygens (including phenoxy) is 2. The molecule has 1 aromatic rings. The number of methoxy groups -OCH3 is 1. The number of benzene rings is 1. The van der Waals surface area contributed by atoms with E-state index in [-0.39, 0.29) is 5.97 Å². The summed E-state index contributed by atoms with van der Waals surface area (Å²) >= 11 is 0. The Labute approximate surface area is 115 Å². The summed E-state index contributed by atoms with van der Waals surface area (Å²) < 4.78 is 10.3. The average Bonchev–Trinajstić information content (AvgIpc) is 2.45. The Morgan fingerprint density at radius 2 is 2.00 bits per heavy atom. The van der Waals surface area contributed by atoms with Crippen molar-refractivity contribution < 1.29 is 14.3 Å². The number of hydrogen-bond donors (Lipinski definition) is 0. The Hall–Kier alpha value is -1.55. The molecule has 4 nitrogen and oxygen atoms in total. The number of esters is 1. The zero-order chi connectivity index (χ0) is 14.1. The Morgan fingerprint density at radius 1 is 1.26 bits per heavy atom. The highest BCUT2D eigenvalue weighted by Crippen LogP contribution is 2.19. The minimum atomic E-state index is -0.170. The molecule has 0 aromatic heterocycles. The third-order valence-corrected chi connectivity index (χ3v) is 2.97. The fraction of sp³-hybridized carbons (Fsp3) is 0.533. The fourth-order valence-electron chi connectivity index (χ4n) is 1.87. The van der Waals surface area contributed by atoms with Crippen LogP contribution in [-0.2, 0) is 16.1 Å². The molecule has 0 aliphatic carbocycles. The van der Waals surface area contributed by atoms with Crippen LogP contribution in [0.3, 0.4) is 0 Å². The number of hydrogen-bond acceptors (Lipinski definition) is 4. The van der Waals surface area contributed by atoms with Crippen molar-refractivity contribution in [3.05, 3.63) is 29.8 Å². The fourth-order valence-corrected chi connectivity index (χ4v) is 1.87. The summed E-state index contributed by atoms with van der Waals surface area (Å²) in [4.78, 5) is 13.4. The summed E-state index contributed by atoms with van der Waals surface area (Å²) in [6, 6.07) is 8.02. The molecule has 0 N–H and O–H groups in total. The third kappa shape index (κ3) is 5.30. The van der Waals surface area contributed by atoms with Gasteiger partial charge in [-0.25, -0.2) is 0 Å². The van der Waals surface area contributed by atoms with E-state index in [0.29, 0.717) is 19.6 Å². The van der Waals surface area contributed by atoms with Crippen LogP contribution in [0, 0.1) is 0 Å². The van der Waals surface area contributed by atoms with E-state index in [1.54, 1.807) is 0 Å². The second-order valence-corrected chi connectivity index (χ2v) is 4.24. The molecular formula is C15H23NO3. The molecule has 0 saturated heterocycles. The average molecular weight is 265 g/mol. The van der Waals surface area contributed by atoms with Crippen LogP contribution in [0.25, 0.3) is 0 Å². The number of para-hydroxylation sites is 1. The predicted molar refractivity (Wildman–Crippen MR) is 75.2 cm³/mol. The molecule has 0 saturated carbocycles. The summed E-state index contributed by atoms with van der Waals surface area (Å²) in [7, 11) is 1.42. The van der Waals surface area contributed by atoms with Gasteiger partial charge in [-0.3, -0.25) is 9.69 Å². The van der Waals surface area contributed by atoms with Crippen molar-refractivity contribution in [1.82, 2.24) is 4.90 Å². The summed E-state index contributed by atoms with van der Waals surface area (Å²) in [5.41, 5.74) is 1.15. The molecule has 0 atom stereocenters. The van der Waals surface area contributed by atoms with Crippen molar-refractivity contribution in [1.29, 1.82) is 0 Å². The second-order valence-electron chi connectivity index (χ2n) is 4.24. The molecule has 0 spiro atoms. The molecule has 0 heterocycles. The van der Waals surface area contributed by atoms with Crippen molar-refractivity contribution >= 4 is 5.97 Å². The molecule has 19 heavy (non-hydrogen) atoms. The molecule has 1 aromatic carbocycles. The first kappa shape index (κ1) is 15.5. The van der Waals surface area contributed by atoms with Crippen LogP contribution < -0.4 is 4.74 Å². The third-order valence-electron chi connectivity index (χ3n) is 2.97. The van der Waals surface area contributed by atoms with Gasteiger partial charge in [0, 0.05) is 18.7 Å². The van der Waals surface area contributed by atoms with Crippen molar-refractivity contribution in [2.45, 2.75) is 26.8 Å². The zero-order valence-electron chi connectivity index (χ0n) is 12.0. The van der Waals surface area contributed by atoms with Crippen LogP contribution in [0.1, 0.15) is 25.8 Å². The first-order valence-electron chi connectivity index (χ1n) is 6.71. The van der Waals surface area contributed by atoms with Crippen LogP contribution in [0.15, 0.2) is 24.3 Å². The van der Waals surface area contributed by atoms with E-state index in [2.05, 4.69) is 22.6 Å². The highest BCUT2D eigenvalue weighted by Gasteiger charge is 2.10. The highest BCUT2D eigenvalue weighted by molar-refractivity contribution is 5.69. The van der Waals surface area contributed by atoms with Gasteiger partial charge in [-0.1, -0.05) is 25.1 Å². The van der Waals surface area contributed by atoms with Gasteiger partial charge in [-0.05, 0) is 19.5 Å². The van der Waals surface area contributed by atoms with Gasteiger partial charge in [0.1, 0.15) is 5.75 Å². The molecule has 0 amide bonds. The highest BCUT2D eigenvalue weighted by atomic mass is 16.5. The standard InChI is InChI=1S/C15H23NO3/c1-4-16(11-10-15(17)18-3)12-13-8-6-7-9-14(13)19-5-2/h6-9H,4-5,10-12H2,1-3H3. The van der Waals surface area contributed by atoms with E-state index in [0.717, 1.165) is 24.4 Å². The van der Waals surface area contributed by atoms with Crippen LogP contribution in [-0.4, -0.2) is 37.7 Å². The van der Waals surface area contributed by atoms with Gasteiger partial charge in [0.2, 0.25) is 0 Å². The Kier molecular flexibility index (Phi) is 6.97. The summed E-state index contributed by atoms with van der Waals surface area (Å²) in [5, 5.41) is 0. The van der Waals surface area contributed by atoms with Gasteiger partial charge >= 0.3 is 5.97 Å². The predicted octanol–water partition coefficient (Wildman–Crippen LogP) is 2.47. The van der Waals surface area contributed by atoms with Gasteiger partial charge in [0.05, 0.1) is 20.1 Å². The molecule has 4 heteroatoms. The topological polar surface area (TPSA) is 38.8 Å². The van der Waals surface area contributed by atoms with E-state index < -0.39 is 0 Å². The van der Waals surface area contributed by atoms with Gasteiger partial charge in [-0.15, -0.1) is 0 Å². The molecule has 1 rings (SSSR count). The number of carbonyl (C=O) groups excluding carboxylic acids is 1. The molecule has 0 bridgehead atoms. The van der Waals surface area contributed by atoms with Gasteiger partial charge in [0.25, 0.3) is 0 Å². The van der Waals surface area contributed by atoms with Crippen molar-refractivity contribution in [3.8, 4) is 5.75 Å². The van der Waals surface area contributed by atoms with E-state index in [4.69, 9.17) is 4.74 Å². The smallest absolute Gasteiger partial charge is 0.306 e. The number of nitrogens with zero attached hydrogens (tertiary/aromatic N) is 1. The molecule has 0 aliphatic heterocycles. The van der Waals surface area contributed by atoms with Crippen molar-refractivity contribution in [3.63, 3.8) is 0 Å². The largest absolute Gasteiger partial charge is 0.494 e. The normalized spacial score (nSPS) is 10.5. The minimum Gasteiger partial charge on any atom is -0.494 e. The SMILES string of the molecule is CCOc1ccccc1CN(CC)CCC(=O)OC. The van der Waals surface area contributed by atoms with Crippen LogP contribution in [0.2, 0.25) is 0 Å². The van der Waals surface area contributed by atoms with Crippen LogP contribution in [0.4, 0.5) is 0 Å². The van der Waals surface area contributed by atoms with Gasteiger partial charge in [0.15, 0.2) is 0 Å². The lowest BCUT2D eigenvalue weighted by Gasteiger charge is -2.21. The van der Waals surface area contributed by atoms with E-state index in [1.807, 2.05) is 25.1 Å². The maximum absolute atomic E-state index is 11.2. The molecule has 106 valence electrons. The zero-order valence-corrected chi connectivity index (χ0v) is 12.0. The quantitative estimate of drug-likeness (QED) is 0.677. The Balaban J connectivity index is 2.62. The van der Waals surface area contributed by atoms with E-state index >= 15 is 0 Å². The molecule has 0 aliphatic rings. The molecular weight excluding hydrogens is 242 g/mol. The maximum Gasteiger partial charge on any atom is 0.306 e. The molecule has 0 unspecified atom stereocenters. The minimum absolute atomic E-state index is 0.170. The lowest BCUT2D eigenvalue weighted by Crippen LogP contribution is -2.26. The van der Waals surface area contributed by atoms with Crippen molar-refractivity contribution in [2.24, 2.45) is 0 Å². The van der Waals surface area contributed by atoms with E-state index in [1.165, 1.54) is 7.11 Å². The van der Waals surface area contributed by atoms with Crippen LogP contribution in [0.5, 0.6) is 5.75 Å². The van der Waals surface area contributed by atoms with Crippen LogP contribution >= 0.6 is 0 Å².